The van der Waals surface area contributed by atoms with Gasteiger partial charge < -0.3 is 0 Å². The second kappa shape index (κ2) is 5.54. The van der Waals surface area contributed by atoms with E-state index in [0.29, 0.717) is 16.5 Å². The zero-order valence-electron chi connectivity index (χ0n) is 11.1. The summed E-state index contributed by atoms with van der Waals surface area (Å²) in [6, 6.07) is 5.25. The summed E-state index contributed by atoms with van der Waals surface area (Å²) in [5, 5.41) is 0.226. The Morgan fingerprint density at radius 1 is 1.35 bits per heavy atom. The predicted molar refractivity (Wildman–Crippen MR) is 79.5 cm³/mol. The largest absolute Gasteiger partial charge is 0.274 e. The van der Waals surface area contributed by atoms with Crippen LogP contribution in [0.25, 0.3) is 0 Å². The molecule has 2 rings (SSSR count). The number of carbonyl (C=O) groups is 1. The minimum atomic E-state index is -3.58. The molecule has 0 bridgehead atoms. The topological polar surface area (TPSA) is 63.2 Å². The van der Waals surface area contributed by atoms with E-state index in [1.807, 2.05) is 6.07 Å². The van der Waals surface area contributed by atoms with E-state index >= 15 is 0 Å². The molecule has 110 valence electrons. The van der Waals surface area contributed by atoms with E-state index in [1.54, 1.807) is 12.1 Å². The fourth-order valence-electron chi connectivity index (χ4n) is 1.97. The van der Waals surface area contributed by atoms with Gasteiger partial charge in [-0.25, -0.2) is 8.42 Å². The third kappa shape index (κ3) is 3.10. The van der Waals surface area contributed by atoms with Gasteiger partial charge in [0.2, 0.25) is 15.9 Å². The lowest BCUT2D eigenvalue weighted by molar-refractivity contribution is -0.120. The molecule has 1 aliphatic rings. The van der Waals surface area contributed by atoms with Crippen molar-refractivity contribution in [1.29, 1.82) is 0 Å². The molecular formula is C13H15Cl2NO3S. The molecule has 20 heavy (non-hydrogen) atoms. The molecule has 1 N–H and O–H groups in total. The highest BCUT2D eigenvalue weighted by Crippen LogP contribution is 2.50. The van der Waals surface area contributed by atoms with Gasteiger partial charge >= 0.3 is 0 Å². The lowest BCUT2D eigenvalue weighted by Crippen LogP contribution is -2.36. The van der Waals surface area contributed by atoms with E-state index in [0.717, 1.165) is 5.56 Å². The van der Waals surface area contributed by atoms with Crippen molar-refractivity contribution in [3.8, 4) is 0 Å². The number of benzene rings is 1. The van der Waals surface area contributed by atoms with Crippen molar-refractivity contribution >= 4 is 39.1 Å². The number of hydrogen-bond donors (Lipinski definition) is 1. The summed E-state index contributed by atoms with van der Waals surface area (Å²) in [4.78, 5) is 11.9. The molecule has 0 heterocycles. The SMILES string of the molecule is CC(C)S(=O)(=O)NC(=O)[C@H]1C[C@@H]1c1cccc(Cl)c1Cl. The highest BCUT2D eigenvalue weighted by Gasteiger charge is 2.46. The molecule has 1 aliphatic carbocycles. The molecule has 7 heteroatoms. The Morgan fingerprint density at radius 3 is 2.60 bits per heavy atom. The van der Waals surface area contributed by atoms with Crippen LogP contribution in [0.5, 0.6) is 0 Å². The van der Waals surface area contributed by atoms with Gasteiger partial charge in [0, 0.05) is 5.92 Å². The van der Waals surface area contributed by atoms with Crippen LogP contribution in [0.15, 0.2) is 18.2 Å². The molecule has 2 atom stereocenters. The van der Waals surface area contributed by atoms with Gasteiger partial charge in [-0.05, 0) is 37.8 Å². The number of amides is 1. The first-order chi connectivity index (χ1) is 9.24. The molecule has 1 aromatic rings. The van der Waals surface area contributed by atoms with E-state index < -0.39 is 21.2 Å². The van der Waals surface area contributed by atoms with E-state index in [2.05, 4.69) is 4.72 Å². The zero-order valence-corrected chi connectivity index (χ0v) is 13.4. The van der Waals surface area contributed by atoms with Gasteiger partial charge in [0.1, 0.15) is 0 Å². The third-order valence-electron chi connectivity index (χ3n) is 3.37. The number of hydrogen-bond acceptors (Lipinski definition) is 3. The Bertz CT molecular complexity index is 643. The molecule has 1 aromatic carbocycles. The summed E-state index contributed by atoms with van der Waals surface area (Å²) in [6.07, 6.45) is 0.583. The van der Waals surface area contributed by atoms with Crippen molar-refractivity contribution in [3.63, 3.8) is 0 Å². The number of rotatable bonds is 4. The van der Waals surface area contributed by atoms with Crippen LogP contribution in [0.3, 0.4) is 0 Å². The number of halogens is 2. The molecule has 0 saturated heterocycles. The fourth-order valence-corrected chi connectivity index (χ4v) is 3.08. The van der Waals surface area contributed by atoms with E-state index in [4.69, 9.17) is 23.2 Å². The van der Waals surface area contributed by atoms with E-state index in [-0.39, 0.29) is 11.8 Å². The van der Waals surface area contributed by atoms with Gasteiger partial charge in [-0.3, -0.25) is 9.52 Å². The molecule has 0 unspecified atom stereocenters. The van der Waals surface area contributed by atoms with Crippen LogP contribution in [-0.4, -0.2) is 19.6 Å². The molecular weight excluding hydrogens is 321 g/mol. The maximum atomic E-state index is 11.9. The van der Waals surface area contributed by atoms with Crippen LogP contribution in [0.2, 0.25) is 10.0 Å². The van der Waals surface area contributed by atoms with Crippen LogP contribution >= 0.6 is 23.2 Å². The van der Waals surface area contributed by atoms with Gasteiger partial charge in [-0.2, -0.15) is 0 Å². The summed E-state index contributed by atoms with van der Waals surface area (Å²) < 4.78 is 25.4. The van der Waals surface area contributed by atoms with Crippen molar-refractivity contribution in [2.24, 2.45) is 5.92 Å². The monoisotopic (exact) mass is 335 g/mol. The van der Waals surface area contributed by atoms with Gasteiger partial charge in [-0.15, -0.1) is 0 Å². The quantitative estimate of drug-likeness (QED) is 0.919. The highest BCUT2D eigenvalue weighted by atomic mass is 35.5. The smallest absolute Gasteiger partial charge is 0.237 e. The molecule has 0 spiro atoms. The third-order valence-corrected chi connectivity index (χ3v) is 5.93. The maximum Gasteiger partial charge on any atom is 0.237 e. The second-order valence-corrected chi connectivity index (χ2v) is 8.17. The number of nitrogens with one attached hydrogen (secondary N) is 1. The van der Waals surface area contributed by atoms with Gasteiger partial charge in [0.05, 0.1) is 15.3 Å². The van der Waals surface area contributed by atoms with Gasteiger partial charge in [0.25, 0.3) is 0 Å². The summed E-state index contributed by atoms with van der Waals surface area (Å²) in [5.41, 5.74) is 0.793. The van der Waals surface area contributed by atoms with Crippen molar-refractivity contribution < 1.29 is 13.2 Å². The maximum absolute atomic E-state index is 11.9. The van der Waals surface area contributed by atoms with Gasteiger partial charge in [0.15, 0.2) is 0 Å². The minimum Gasteiger partial charge on any atom is -0.274 e. The molecule has 1 amide bonds. The van der Waals surface area contributed by atoms with Crippen LogP contribution in [0, 0.1) is 5.92 Å². The Labute approximate surface area is 128 Å². The Morgan fingerprint density at radius 2 is 2.00 bits per heavy atom. The summed E-state index contributed by atoms with van der Waals surface area (Å²) in [5.74, 6) is -0.900. The Kier molecular flexibility index (Phi) is 4.33. The Balaban J connectivity index is 2.09. The summed E-state index contributed by atoms with van der Waals surface area (Å²) >= 11 is 12.0. The van der Waals surface area contributed by atoms with Crippen molar-refractivity contribution in [2.75, 3.05) is 0 Å². The molecule has 4 nitrogen and oxygen atoms in total. The fraction of sp³-hybridized carbons (Fsp3) is 0.462. The lowest BCUT2D eigenvalue weighted by Gasteiger charge is -2.09. The summed E-state index contributed by atoms with van der Waals surface area (Å²) in [6.45, 7) is 3.04. The molecule has 1 saturated carbocycles. The average Bonchev–Trinajstić information content (AvgIpc) is 3.12. The number of sulfonamides is 1. The molecule has 0 aromatic heterocycles. The van der Waals surface area contributed by atoms with Gasteiger partial charge in [-0.1, -0.05) is 35.3 Å². The molecule has 1 fully saturated rings. The first-order valence-corrected chi connectivity index (χ1v) is 8.53. The summed E-state index contributed by atoms with van der Waals surface area (Å²) in [7, 11) is -3.58. The molecule has 0 aliphatic heterocycles. The van der Waals surface area contributed by atoms with Crippen molar-refractivity contribution in [3.05, 3.63) is 33.8 Å². The number of carbonyl (C=O) groups excluding carboxylic acids is 1. The lowest BCUT2D eigenvalue weighted by atomic mass is 10.1. The predicted octanol–water partition coefficient (Wildman–Crippen LogP) is 2.95. The Hall–Kier alpha value is -0.780. The van der Waals surface area contributed by atoms with Crippen molar-refractivity contribution in [2.45, 2.75) is 31.4 Å². The first kappa shape index (κ1) is 15.6. The molecule has 0 radical (unpaired) electrons. The first-order valence-electron chi connectivity index (χ1n) is 6.23. The average molecular weight is 336 g/mol. The minimum absolute atomic E-state index is 0.0661. The van der Waals surface area contributed by atoms with Crippen LogP contribution in [-0.2, 0) is 14.8 Å². The highest BCUT2D eigenvalue weighted by molar-refractivity contribution is 7.90. The van der Waals surface area contributed by atoms with Crippen LogP contribution in [0.4, 0.5) is 0 Å². The second-order valence-electron chi connectivity index (χ2n) is 5.15. The zero-order chi connectivity index (χ0) is 15.1. The van der Waals surface area contributed by atoms with Crippen LogP contribution < -0.4 is 4.72 Å². The van der Waals surface area contributed by atoms with E-state index in [1.165, 1.54) is 13.8 Å². The van der Waals surface area contributed by atoms with Crippen molar-refractivity contribution in [1.82, 2.24) is 4.72 Å². The van der Waals surface area contributed by atoms with Crippen LogP contribution in [0.1, 0.15) is 31.7 Å². The van der Waals surface area contributed by atoms with E-state index in [9.17, 15) is 13.2 Å². The standard InChI is InChI=1S/C13H15Cl2NO3S/c1-7(2)20(18,19)16-13(17)10-6-9(10)8-4-3-5-11(14)12(8)15/h3-5,7,9-10H,6H2,1-2H3,(H,16,17)/t9-,10+/m1/s1. The normalized spacial score (nSPS) is 21.9.